The molecule has 0 aliphatic carbocycles. The first kappa shape index (κ1) is 19.8. The molecule has 0 amide bonds. The van der Waals surface area contributed by atoms with Crippen molar-refractivity contribution in [3.05, 3.63) is 105 Å². The molecule has 0 saturated carbocycles. The summed E-state index contributed by atoms with van der Waals surface area (Å²) in [4.78, 5) is 0. The summed E-state index contributed by atoms with van der Waals surface area (Å²) >= 11 is 9.83. The predicted octanol–water partition coefficient (Wildman–Crippen LogP) is 7.76. The Balaban J connectivity index is 1.64. The third-order valence-electron chi connectivity index (χ3n) is 4.98. The Hall–Kier alpha value is -2.49. The molecule has 0 aliphatic heterocycles. The molecule has 4 rings (SSSR count). The van der Waals surface area contributed by atoms with Crippen molar-refractivity contribution in [2.24, 2.45) is 0 Å². The third kappa shape index (κ3) is 4.58. The number of aryl methyl sites for hydroxylation is 1. The van der Waals surface area contributed by atoms with Crippen LogP contribution in [-0.4, -0.2) is 0 Å². The van der Waals surface area contributed by atoms with Crippen molar-refractivity contribution in [3.8, 4) is 5.75 Å². The van der Waals surface area contributed by atoms with Crippen LogP contribution in [-0.2, 0) is 13.2 Å². The van der Waals surface area contributed by atoms with Crippen LogP contribution >= 0.6 is 27.5 Å². The Kier molecular flexibility index (Phi) is 6.08. The zero-order valence-electron chi connectivity index (χ0n) is 16.1. The fourth-order valence-electron chi connectivity index (χ4n) is 3.41. The number of ether oxygens (including phenoxy) is 1. The fraction of sp³-hybridized carbons (Fsp3) is 0.120. The summed E-state index contributed by atoms with van der Waals surface area (Å²) in [5, 5.41) is 6.68. The smallest absolute Gasteiger partial charge is 0.125 e. The van der Waals surface area contributed by atoms with E-state index in [2.05, 4.69) is 70.6 Å². The van der Waals surface area contributed by atoms with E-state index < -0.39 is 0 Å². The maximum Gasteiger partial charge on any atom is 0.125 e. The summed E-state index contributed by atoms with van der Waals surface area (Å²) in [5.74, 6) is 0.867. The number of nitrogens with one attached hydrogen (secondary N) is 1. The van der Waals surface area contributed by atoms with E-state index in [1.54, 1.807) is 0 Å². The molecule has 0 unspecified atom stereocenters. The molecule has 0 aromatic heterocycles. The van der Waals surface area contributed by atoms with Crippen LogP contribution in [0, 0.1) is 6.92 Å². The van der Waals surface area contributed by atoms with Crippen LogP contribution in [0.5, 0.6) is 5.75 Å². The van der Waals surface area contributed by atoms with Crippen molar-refractivity contribution in [1.82, 2.24) is 0 Å². The lowest BCUT2D eigenvalue weighted by atomic mass is 10.0. The highest BCUT2D eigenvalue weighted by Crippen LogP contribution is 2.31. The van der Waals surface area contributed by atoms with Gasteiger partial charge in [-0.1, -0.05) is 76.1 Å². The van der Waals surface area contributed by atoms with E-state index in [-0.39, 0.29) is 0 Å². The second-order valence-electron chi connectivity index (χ2n) is 6.96. The minimum Gasteiger partial charge on any atom is -0.488 e. The Labute approximate surface area is 184 Å². The van der Waals surface area contributed by atoms with Crippen molar-refractivity contribution < 1.29 is 4.74 Å². The number of hydrogen-bond acceptors (Lipinski definition) is 2. The standard InChI is InChI=1S/C25H21BrClNO/c1-17-14-20(26)11-12-24(17)28-15-22-21-8-4-2-6-18(21)10-13-25(22)29-16-19-7-3-5-9-23(19)27/h2-14,28H,15-16H2,1H3. The SMILES string of the molecule is Cc1cc(Br)ccc1NCc1c(OCc2ccccc2Cl)ccc2ccccc12. The molecule has 0 saturated heterocycles. The van der Waals surface area contributed by atoms with Gasteiger partial charge in [0, 0.05) is 32.9 Å². The minimum absolute atomic E-state index is 0.433. The van der Waals surface area contributed by atoms with Gasteiger partial charge in [-0.25, -0.2) is 0 Å². The van der Waals surface area contributed by atoms with Gasteiger partial charge >= 0.3 is 0 Å². The van der Waals surface area contributed by atoms with Gasteiger partial charge in [-0.05, 0) is 53.6 Å². The first-order valence-electron chi connectivity index (χ1n) is 9.48. The highest BCUT2D eigenvalue weighted by atomic mass is 79.9. The summed E-state index contributed by atoms with van der Waals surface area (Å²) in [6.45, 7) is 3.20. The Morgan fingerprint density at radius 2 is 1.72 bits per heavy atom. The predicted molar refractivity (Wildman–Crippen MR) is 126 cm³/mol. The molecule has 2 nitrogen and oxygen atoms in total. The van der Waals surface area contributed by atoms with E-state index in [0.717, 1.165) is 32.1 Å². The minimum atomic E-state index is 0.433. The van der Waals surface area contributed by atoms with Crippen molar-refractivity contribution >= 4 is 44.0 Å². The largest absolute Gasteiger partial charge is 0.488 e. The number of anilines is 1. The van der Waals surface area contributed by atoms with E-state index >= 15 is 0 Å². The van der Waals surface area contributed by atoms with Gasteiger partial charge in [-0.3, -0.25) is 0 Å². The van der Waals surface area contributed by atoms with E-state index in [9.17, 15) is 0 Å². The van der Waals surface area contributed by atoms with Gasteiger partial charge in [0.15, 0.2) is 0 Å². The molecule has 146 valence electrons. The van der Waals surface area contributed by atoms with Crippen LogP contribution in [0.2, 0.25) is 5.02 Å². The summed E-state index contributed by atoms with van der Waals surface area (Å²) in [6.07, 6.45) is 0. The number of halogens is 2. The Morgan fingerprint density at radius 1 is 0.931 bits per heavy atom. The number of benzene rings is 4. The molecule has 0 radical (unpaired) electrons. The van der Waals surface area contributed by atoms with Gasteiger partial charge in [0.25, 0.3) is 0 Å². The molecule has 0 spiro atoms. The molecular formula is C25H21BrClNO. The summed E-state index contributed by atoms with van der Waals surface area (Å²) in [7, 11) is 0. The molecule has 0 bridgehead atoms. The lowest BCUT2D eigenvalue weighted by Gasteiger charge is -2.17. The Bertz CT molecular complexity index is 1160. The lowest BCUT2D eigenvalue weighted by molar-refractivity contribution is 0.304. The number of fused-ring (bicyclic) bond motifs is 1. The molecule has 4 heteroatoms. The first-order valence-corrected chi connectivity index (χ1v) is 10.7. The molecular weight excluding hydrogens is 446 g/mol. The van der Waals surface area contributed by atoms with Crippen LogP contribution in [0.1, 0.15) is 16.7 Å². The quantitative estimate of drug-likeness (QED) is 0.313. The molecule has 0 fully saturated rings. The normalized spacial score (nSPS) is 10.9. The molecule has 4 aromatic rings. The van der Waals surface area contributed by atoms with Crippen molar-refractivity contribution in [3.63, 3.8) is 0 Å². The summed E-state index contributed by atoms with van der Waals surface area (Å²) in [6, 6.07) is 26.6. The van der Waals surface area contributed by atoms with Crippen LogP contribution < -0.4 is 10.1 Å². The molecule has 29 heavy (non-hydrogen) atoms. The second kappa shape index (κ2) is 8.89. The highest BCUT2D eigenvalue weighted by Gasteiger charge is 2.11. The Morgan fingerprint density at radius 3 is 2.55 bits per heavy atom. The van der Waals surface area contributed by atoms with Crippen molar-refractivity contribution in [2.75, 3.05) is 5.32 Å². The summed E-state index contributed by atoms with van der Waals surface area (Å²) in [5.41, 5.74) is 4.42. The number of rotatable bonds is 6. The van der Waals surface area contributed by atoms with Gasteiger partial charge in [-0.15, -0.1) is 0 Å². The molecule has 0 heterocycles. The maximum atomic E-state index is 6.30. The van der Waals surface area contributed by atoms with Crippen molar-refractivity contribution in [1.29, 1.82) is 0 Å². The first-order chi connectivity index (χ1) is 14.1. The zero-order chi connectivity index (χ0) is 20.2. The molecule has 4 aromatic carbocycles. The van der Waals surface area contributed by atoms with Crippen molar-refractivity contribution in [2.45, 2.75) is 20.1 Å². The highest BCUT2D eigenvalue weighted by molar-refractivity contribution is 9.10. The van der Waals surface area contributed by atoms with Gasteiger partial charge in [0.2, 0.25) is 0 Å². The molecule has 1 N–H and O–H groups in total. The average Bonchev–Trinajstić information content (AvgIpc) is 2.73. The second-order valence-corrected chi connectivity index (χ2v) is 8.28. The fourth-order valence-corrected chi connectivity index (χ4v) is 4.08. The average molecular weight is 467 g/mol. The van der Waals surface area contributed by atoms with Crippen LogP contribution in [0.3, 0.4) is 0 Å². The van der Waals surface area contributed by atoms with Gasteiger partial charge in [-0.2, -0.15) is 0 Å². The van der Waals surface area contributed by atoms with E-state index in [1.807, 2.05) is 36.4 Å². The third-order valence-corrected chi connectivity index (χ3v) is 5.84. The van der Waals surface area contributed by atoms with E-state index in [0.29, 0.717) is 13.2 Å². The van der Waals surface area contributed by atoms with Gasteiger partial charge in [0.1, 0.15) is 12.4 Å². The summed E-state index contributed by atoms with van der Waals surface area (Å²) < 4.78 is 7.30. The topological polar surface area (TPSA) is 21.3 Å². The van der Waals surface area contributed by atoms with Crippen LogP contribution in [0.4, 0.5) is 5.69 Å². The van der Waals surface area contributed by atoms with Gasteiger partial charge < -0.3 is 10.1 Å². The number of hydrogen-bond donors (Lipinski definition) is 1. The monoisotopic (exact) mass is 465 g/mol. The van der Waals surface area contributed by atoms with Gasteiger partial charge in [0.05, 0.1) is 0 Å². The maximum absolute atomic E-state index is 6.30. The molecule has 0 atom stereocenters. The zero-order valence-corrected chi connectivity index (χ0v) is 18.4. The lowest BCUT2D eigenvalue weighted by Crippen LogP contribution is -2.05. The molecule has 0 aliphatic rings. The van der Waals surface area contributed by atoms with E-state index in [1.165, 1.54) is 16.3 Å². The van der Waals surface area contributed by atoms with Crippen LogP contribution in [0.25, 0.3) is 10.8 Å². The van der Waals surface area contributed by atoms with E-state index in [4.69, 9.17) is 16.3 Å². The van der Waals surface area contributed by atoms with Crippen LogP contribution in [0.15, 0.2) is 83.3 Å².